The van der Waals surface area contributed by atoms with E-state index in [-0.39, 0.29) is 18.5 Å². The first kappa shape index (κ1) is 28.2. The smallest absolute Gasteiger partial charge is 0.416 e. The number of halogens is 4. The summed E-state index contributed by atoms with van der Waals surface area (Å²) >= 11 is 3.35. The molecule has 2 N–H and O–H groups in total. The number of pyridine rings is 1. The van der Waals surface area contributed by atoms with Gasteiger partial charge in [-0.3, -0.25) is 4.79 Å². The molecule has 10 heteroatoms. The Kier molecular flexibility index (Phi) is 9.37. The van der Waals surface area contributed by atoms with Crippen LogP contribution in [0.2, 0.25) is 0 Å². The van der Waals surface area contributed by atoms with Crippen LogP contribution in [-0.2, 0) is 17.5 Å². The number of hydrogen-bond acceptors (Lipinski definition) is 5. The van der Waals surface area contributed by atoms with E-state index in [1.54, 1.807) is 19.1 Å². The average molecular weight is 557 g/mol. The van der Waals surface area contributed by atoms with E-state index >= 15 is 0 Å². The third-order valence-corrected chi connectivity index (χ3v) is 5.57. The highest BCUT2D eigenvalue weighted by Crippen LogP contribution is 2.40. The minimum atomic E-state index is -4.45. The second-order valence-corrected chi connectivity index (χ2v) is 7.94. The molecule has 2 aromatic carbocycles. The van der Waals surface area contributed by atoms with E-state index in [0.717, 1.165) is 12.1 Å². The van der Waals surface area contributed by atoms with Crippen LogP contribution in [0.4, 0.5) is 18.9 Å². The van der Waals surface area contributed by atoms with Gasteiger partial charge in [0.2, 0.25) is 0 Å². The fourth-order valence-electron chi connectivity index (χ4n) is 3.72. The van der Waals surface area contributed by atoms with Gasteiger partial charge in [-0.05, 0) is 36.8 Å². The summed E-state index contributed by atoms with van der Waals surface area (Å²) in [6, 6.07) is 7.38. The predicted molar refractivity (Wildman–Crippen MR) is 134 cm³/mol. The highest BCUT2D eigenvalue weighted by atomic mass is 79.9. The van der Waals surface area contributed by atoms with Gasteiger partial charge in [-0.2, -0.15) is 13.2 Å². The van der Waals surface area contributed by atoms with Crippen molar-refractivity contribution in [2.75, 3.05) is 11.9 Å². The molecule has 0 saturated heterocycles. The highest BCUT2D eigenvalue weighted by molar-refractivity contribution is 9.10. The molecule has 0 bridgehead atoms. The molecule has 1 unspecified atom stereocenters. The maximum Gasteiger partial charge on any atom is 0.416 e. The minimum Gasteiger partial charge on any atom is -0.506 e. The number of alkyl halides is 3. The molecule has 6 nitrogen and oxygen atoms in total. The van der Waals surface area contributed by atoms with Crippen molar-refractivity contribution in [1.82, 2.24) is 4.57 Å². The molecule has 0 aliphatic carbocycles. The van der Waals surface area contributed by atoms with E-state index in [4.69, 9.17) is 4.74 Å². The Morgan fingerprint density at radius 1 is 1.17 bits per heavy atom. The fraction of sp³-hybridized carbons (Fsp3) is 0.360. The molecule has 2 heterocycles. The van der Waals surface area contributed by atoms with Crippen LogP contribution in [0.5, 0.6) is 5.75 Å². The molecule has 1 aliphatic heterocycles. The molecule has 0 fully saturated rings. The van der Waals surface area contributed by atoms with Gasteiger partial charge in [-0.15, -0.1) is 0 Å². The lowest BCUT2D eigenvalue weighted by atomic mass is 10.00. The fourth-order valence-corrected chi connectivity index (χ4v) is 4.18. The van der Waals surface area contributed by atoms with Crippen LogP contribution < -0.4 is 10.9 Å². The molecular formula is C25H28BrF3N2O4. The van der Waals surface area contributed by atoms with Crippen molar-refractivity contribution in [3.05, 3.63) is 67.9 Å². The quantitative estimate of drug-likeness (QED) is 0.343. The third kappa shape index (κ3) is 5.63. The van der Waals surface area contributed by atoms with E-state index in [2.05, 4.69) is 21.2 Å². The number of esters is 1. The van der Waals surface area contributed by atoms with E-state index in [1.807, 2.05) is 27.7 Å². The van der Waals surface area contributed by atoms with Crippen LogP contribution in [0.25, 0.3) is 10.9 Å². The van der Waals surface area contributed by atoms with Crippen LogP contribution >= 0.6 is 15.9 Å². The maximum absolute atomic E-state index is 13.1. The molecule has 0 saturated carbocycles. The standard InChI is InChI=1S/C21H16BrF3N2O4.2C2H6/c1-2-31-20(30)16-18(28)13-7-12(22)8-14-17(13)27(19(16)29)9-15(26-14)10-3-5-11(6-4-10)21(23,24)25;2*1-2/h3-8,15,26,28H,2,9H2,1H3;2*1-2H3. The summed E-state index contributed by atoms with van der Waals surface area (Å²) in [7, 11) is 0. The van der Waals surface area contributed by atoms with Gasteiger partial charge in [0.25, 0.3) is 5.56 Å². The first-order valence-electron chi connectivity index (χ1n) is 11.3. The molecule has 0 amide bonds. The first-order chi connectivity index (χ1) is 16.6. The molecule has 1 atom stereocenters. The lowest BCUT2D eigenvalue weighted by Crippen LogP contribution is -2.34. The van der Waals surface area contributed by atoms with Gasteiger partial charge in [0.15, 0.2) is 5.56 Å². The predicted octanol–water partition coefficient (Wildman–Crippen LogP) is 6.88. The van der Waals surface area contributed by atoms with E-state index < -0.39 is 40.6 Å². The van der Waals surface area contributed by atoms with Crippen LogP contribution in [0.3, 0.4) is 0 Å². The number of aromatic hydroxyl groups is 1. The Bertz CT molecular complexity index is 1260. The summed E-state index contributed by atoms with van der Waals surface area (Å²) in [6.45, 7) is 9.65. The summed E-state index contributed by atoms with van der Waals surface area (Å²) in [5.41, 5.74) is -0.574. The number of nitrogens with zero attached hydrogens (tertiary/aromatic N) is 1. The largest absolute Gasteiger partial charge is 0.506 e. The van der Waals surface area contributed by atoms with Crippen LogP contribution in [0.1, 0.15) is 62.1 Å². The molecular weight excluding hydrogens is 529 g/mol. The van der Waals surface area contributed by atoms with Crippen LogP contribution in [0.15, 0.2) is 45.7 Å². The Hall–Kier alpha value is -3.01. The van der Waals surface area contributed by atoms with E-state index in [1.165, 1.54) is 16.7 Å². The molecule has 1 aliphatic rings. The number of aromatic nitrogens is 1. The van der Waals surface area contributed by atoms with Crippen molar-refractivity contribution in [2.45, 2.75) is 53.4 Å². The third-order valence-electron chi connectivity index (χ3n) is 5.11. The summed E-state index contributed by atoms with van der Waals surface area (Å²) in [4.78, 5) is 25.4. The number of rotatable bonds is 3. The molecule has 190 valence electrons. The van der Waals surface area contributed by atoms with Crippen LogP contribution in [-0.4, -0.2) is 22.2 Å². The maximum atomic E-state index is 13.1. The zero-order chi connectivity index (χ0) is 26.5. The SMILES string of the molecule is CC.CC.CCOC(=O)c1c(O)c2cc(Br)cc3c2n(c1=O)CC(c1ccc(C(F)(F)F)cc1)N3. The first-order valence-corrected chi connectivity index (χ1v) is 12.1. The zero-order valence-corrected chi connectivity index (χ0v) is 21.7. The van der Waals surface area contributed by atoms with Gasteiger partial charge < -0.3 is 19.7 Å². The van der Waals surface area contributed by atoms with Crippen molar-refractivity contribution in [3.63, 3.8) is 0 Å². The molecule has 3 aromatic rings. The second-order valence-electron chi connectivity index (χ2n) is 7.03. The number of carbonyl (C=O) groups excluding carboxylic acids is 1. The number of anilines is 1. The second kappa shape index (κ2) is 11.6. The number of nitrogens with one attached hydrogen (secondary N) is 1. The minimum absolute atomic E-state index is 0.0230. The summed E-state index contributed by atoms with van der Waals surface area (Å²) < 4.78 is 45.5. The monoisotopic (exact) mass is 556 g/mol. The molecule has 0 spiro atoms. The van der Waals surface area contributed by atoms with E-state index in [0.29, 0.717) is 21.2 Å². The van der Waals surface area contributed by atoms with Gasteiger partial charge >= 0.3 is 12.1 Å². The molecule has 4 rings (SSSR count). The summed E-state index contributed by atoms with van der Waals surface area (Å²) in [5.74, 6) is -1.42. The van der Waals surface area contributed by atoms with Gasteiger partial charge in [0.1, 0.15) is 5.75 Å². The van der Waals surface area contributed by atoms with Crippen molar-refractivity contribution < 1.29 is 27.8 Å². The Morgan fingerprint density at radius 3 is 2.31 bits per heavy atom. The Balaban J connectivity index is 0.00000103. The Morgan fingerprint density at radius 2 is 1.77 bits per heavy atom. The van der Waals surface area contributed by atoms with Crippen molar-refractivity contribution in [3.8, 4) is 5.75 Å². The van der Waals surface area contributed by atoms with Gasteiger partial charge in [0, 0.05) is 9.86 Å². The summed E-state index contributed by atoms with van der Waals surface area (Å²) in [6.07, 6.45) is -4.45. The normalized spacial score (nSPS) is 14.1. The van der Waals surface area contributed by atoms with Gasteiger partial charge in [-0.25, -0.2) is 4.79 Å². The van der Waals surface area contributed by atoms with Crippen molar-refractivity contribution >= 4 is 38.5 Å². The van der Waals surface area contributed by atoms with Crippen molar-refractivity contribution in [2.24, 2.45) is 0 Å². The summed E-state index contributed by atoms with van der Waals surface area (Å²) in [5, 5.41) is 14.1. The van der Waals surface area contributed by atoms with Gasteiger partial charge in [0.05, 0.1) is 36.0 Å². The Labute approximate surface area is 209 Å². The molecule has 1 aromatic heterocycles. The van der Waals surface area contributed by atoms with Crippen LogP contribution in [0, 0.1) is 0 Å². The zero-order valence-electron chi connectivity index (χ0n) is 20.1. The number of ether oxygens (including phenoxy) is 1. The lowest BCUT2D eigenvalue weighted by Gasteiger charge is -2.30. The van der Waals surface area contributed by atoms with Crippen molar-refractivity contribution in [1.29, 1.82) is 0 Å². The topological polar surface area (TPSA) is 80.6 Å². The lowest BCUT2D eigenvalue weighted by molar-refractivity contribution is -0.137. The molecule has 0 radical (unpaired) electrons. The van der Waals surface area contributed by atoms with E-state index in [9.17, 15) is 27.9 Å². The number of carbonyl (C=O) groups is 1. The average Bonchev–Trinajstić information content (AvgIpc) is 2.84. The number of hydrogen-bond donors (Lipinski definition) is 2. The van der Waals surface area contributed by atoms with Gasteiger partial charge in [-0.1, -0.05) is 55.8 Å². The number of benzene rings is 2. The molecule has 35 heavy (non-hydrogen) atoms. The highest BCUT2D eigenvalue weighted by Gasteiger charge is 2.32.